The van der Waals surface area contributed by atoms with Gasteiger partial charge in [0.15, 0.2) is 0 Å². The van der Waals surface area contributed by atoms with Crippen LogP contribution in [-0.4, -0.2) is 42.7 Å². The van der Waals surface area contributed by atoms with Crippen LogP contribution in [0.2, 0.25) is 0 Å². The predicted molar refractivity (Wildman–Crippen MR) is 86.0 cm³/mol. The van der Waals surface area contributed by atoms with E-state index >= 15 is 0 Å². The Labute approximate surface area is 144 Å². The van der Waals surface area contributed by atoms with Gasteiger partial charge in [-0.3, -0.25) is 4.79 Å². The van der Waals surface area contributed by atoms with Crippen molar-refractivity contribution in [2.75, 3.05) is 19.6 Å². The minimum atomic E-state index is -4.49. The standard InChI is InChI=1S/C18H22F4N2O/c19-16-13(12-7-9-23-10-8-12)4-3-5-14(16)17(25)24-11-2-1-6-15(24)18(20,21)22/h3-5,12,15,23H,1-2,6-11H2. The molecular weight excluding hydrogens is 336 g/mol. The number of alkyl halides is 3. The zero-order chi connectivity index (χ0) is 18.0. The Morgan fingerprint density at radius 3 is 2.52 bits per heavy atom. The highest BCUT2D eigenvalue weighted by Gasteiger charge is 2.46. The number of carbonyl (C=O) groups is 1. The smallest absolute Gasteiger partial charge is 0.326 e. The molecule has 3 rings (SSSR count). The van der Waals surface area contributed by atoms with Crippen molar-refractivity contribution in [3.63, 3.8) is 0 Å². The number of nitrogens with zero attached hydrogens (tertiary/aromatic N) is 1. The van der Waals surface area contributed by atoms with E-state index in [2.05, 4.69) is 5.32 Å². The number of amides is 1. The molecule has 25 heavy (non-hydrogen) atoms. The first-order valence-corrected chi connectivity index (χ1v) is 8.76. The maximum Gasteiger partial charge on any atom is 0.408 e. The van der Waals surface area contributed by atoms with E-state index in [0.29, 0.717) is 18.4 Å². The highest BCUT2D eigenvalue weighted by atomic mass is 19.4. The molecule has 2 heterocycles. The van der Waals surface area contributed by atoms with Gasteiger partial charge in [-0.15, -0.1) is 0 Å². The number of carbonyl (C=O) groups excluding carboxylic acids is 1. The summed E-state index contributed by atoms with van der Waals surface area (Å²) in [7, 11) is 0. The molecule has 1 unspecified atom stereocenters. The number of nitrogens with one attached hydrogen (secondary N) is 1. The van der Waals surface area contributed by atoms with Crippen molar-refractivity contribution in [1.29, 1.82) is 0 Å². The average Bonchev–Trinajstić information content (AvgIpc) is 2.61. The maximum atomic E-state index is 14.9. The molecule has 0 bridgehead atoms. The zero-order valence-corrected chi connectivity index (χ0v) is 13.9. The van der Waals surface area contributed by atoms with Crippen LogP contribution in [0.25, 0.3) is 0 Å². The largest absolute Gasteiger partial charge is 0.408 e. The van der Waals surface area contributed by atoms with Crippen molar-refractivity contribution in [2.45, 2.75) is 50.2 Å². The number of hydrogen-bond donors (Lipinski definition) is 1. The number of halogens is 4. The summed E-state index contributed by atoms with van der Waals surface area (Å²) in [6.45, 7) is 1.55. The third-order valence-electron chi connectivity index (χ3n) is 5.18. The fraction of sp³-hybridized carbons (Fsp3) is 0.611. The average molecular weight is 358 g/mol. The van der Waals surface area contributed by atoms with Gasteiger partial charge in [0, 0.05) is 6.54 Å². The number of rotatable bonds is 2. The van der Waals surface area contributed by atoms with Crippen LogP contribution in [0.1, 0.15) is 53.9 Å². The number of likely N-dealkylation sites (tertiary alicyclic amines) is 1. The highest BCUT2D eigenvalue weighted by molar-refractivity contribution is 5.95. The quantitative estimate of drug-likeness (QED) is 0.815. The number of benzene rings is 1. The van der Waals surface area contributed by atoms with Gasteiger partial charge in [-0.2, -0.15) is 13.2 Å². The molecule has 2 saturated heterocycles. The normalized spacial score (nSPS) is 22.9. The first-order chi connectivity index (χ1) is 11.9. The van der Waals surface area contributed by atoms with Gasteiger partial charge in [0.2, 0.25) is 0 Å². The van der Waals surface area contributed by atoms with E-state index in [1.807, 2.05) is 0 Å². The lowest BCUT2D eigenvalue weighted by Gasteiger charge is -2.37. The van der Waals surface area contributed by atoms with Gasteiger partial charge in [-0.25, -0.2) is 4.39 Å². The first-order valence-electron chi connectivity index (χ1n) is 8.76. The third-order valence-corrected chi connectivity index (χ3v) is 5.18. The fourth-order valence-corrected chi connectivity index (χ4v) is 3.83. The van der Waals surface area contributed by atoms with Gasteiger partial charge in [-0.05, 0) is 62.7 Å². The SMILES string of the molecule is O=C(c1cccc(C2CCNCC2)c1F)N1CCCCC1C(F)(F)F. The van der Waals surface area contributed by atoms with E-state index < -0.39 is 23.9 Å². The summed E-state index contributed by atoms with van der Waals surface area (Å²) in [5.41, 5.74) is 0.195. The molecule has 0 aliphatic carbocycles. The summed E-state index contributed by atoms with van der Waals surface area (Å²) in [4.78, 5) is 13.5. The Hall–Kier alpha value is -1.63. The van der Waals surface area contributed by atoms with Crippen LogP contribution in [0.15, 0.2) is 18.2 Å². The minimum absolute atomic E-state index is 0.00577. The fourth-order valence-electron chi connectivity index (χ4n) is 3.83. The van der Waals surface area contributed by atoms with Gasteiger partial charge >= 0.3 is 6.18 Å². The van der Waals surface area contributed by atoms with Crippen molar-refractivity contribution in [2.24, 2.45) is 0 Å². The maximum absolute atomic E-state index is 14.9. The summed E-state index contributed by atoms with van der Waals surface area (Å²) in [5, 5.41) is 3.19. The van der Waals surface area contributed by atoms with E-state index in [1.165, 1.54) is 6.07 Å². The van der Waals surface area contributed by atoms with Crippen LogP contribution in [0.5, 0.6) is 0 Å². The summed E-state index contributed by atoms with van der Waals surface area (Å²) in [6, 6.07) is 2.68. The molecular formula is C18H22F4N2O. The Morgan fingerprint density at radius 2 is 1.84 bits per heavy atom. The molecule has 1 atom stereocenters. The zero-order valence-electron chi connectivity index (χ0n) is 13.9. The molecule has 0 spiro atoms. The second kappa shape index (κ2) is 7.32. The van der Waals surface area contributed by atoms with E-state index in [1.54, 1.807) is 12.1 Å². The molecule has 138 valence electrons. The summed E-state index contributed by atoms with van der Waals surface area (Å²) >= 11 is 0. The number of hydrogen-bond acceptors (Lipinski definition) is 2. The summed E-state index contributed by atoms with van der Waals surface area (Å²) in [5.74, 6) is -1.52. The van der Waals surface area contributed by atoms with Crippen molar-refractivity contribution in [3.8, 4) is 0 Å². The molecule has 1 aromatic carbocycles. The molecule has 3 nitrogen and oxygen atoms in total. The Morgan fingerprint density at radius 1 is 1.12 bits per heavy atom. The molecule has 1 N–H and O–H groups in total. The Bertz CT molecular complexity index is 626. The van der Waals surface area contributed by atoms with E-state index in [0.717, 1.165) is 30.8 Å². The molecule has 0 saturated carbocycles. The van der Waals surface area contributed by atoms with Crippen LogP contribution in [0.3, 0.4) is 0 Å². The topological polar surface area (TPSA) is 32.3 Å². The lowest BCUT2D eigenvalue weighted by atomic mass is 9.88. The van der Waals surface area contributed by atoms with E-state index in [4.69, 9.17) is 0 Å². The van der Waals surface area contributed by atoms with Gasteiger partial charge in [0.05, 0.1) is 5.56 Å². The van der Waals surface area contributed by atoms with Crippen molar-refractivity contribution >= 4 is 5.91 Å². The second-order valence-corrected chi connectivity index (χ2v) is 6.78. The predicted octanol–water partition coefficient (Wildman–Crippen LogP) is 3.85. The lowest BCUT2D eigenvalue weighted by Crippen LogP contribution is -2.51. The third kappa shape index (κ3) is 3.81. The molecule has 1 aromatic rings. The molecule has 1 amide bonds. The van der Waals surface area contributed by atoms with Crippen molar-refractivity contribution in [3.05, 3.63) is 35.1 Å². The Kier molecular flexibility index (Phi) is 5.32. The second-order valence-electron chi connectivity index (χ2n) is 6.78. The van der Waals surface area contributed by atoms with Crippen LogP contribution in [-0.2, 0) is 0 Å². The highest BCUT2D eigenvalue weighted by Crippen LogP contribution is 2.34. The molecule has 0 aromatic heterocycles. The first kappa shape index (κ1) is 18.2. The van der Waals surface area contributed by atoms with Gasteiger partial charge in [0.1, 0.15) is 11.9 Å². The molecule has 2 fully saturated rings. The molecule has 7 heteroatoms. The van der Waals surface area contributed by atoms with E-state index in [9.17, 15) is 22.4 Å². The van der Waals surface area contributed by atoms with E-state index in [-0.39, 0.29) is 24.4 Å². The van der Waals surface area contributed by atoms with Gasteiger partial charge < -0.3 is 10.2 Å². The van der Waals surface area contributed by atoms with Crippen LogP contribution in [0, 0.1) is 5.82 Å². The van der Waals surface area contributed by atoms with Crippen LogP contribution >= 0.6 is 0 Å². The molecule has 0 radical (unpaired) electrons. The lowest BCUT2D eigenvalue weighted by molar-refractivity contribution is -0.183. The van der Waals surface area contributed by atoms with Crippen LogP contribution < -0.4 is 5.32 Å². The molecule has 2 aliphatic rings. The van der Waals surface area contributed by atoms with Crippen molar-refractivity contribution in [1.82, 2.24) is 10.2 Å². The van der Waals surface area contributed by atoms with Gasteiger partial charge in [-0.1, -0.05) is 12.1 Å². The van der Waals surface area contributed by atoms with Crippen LogP contribution in [0.4, 0.5) is 17.6 Å². The van der Waals surface area contributed by atoms with Gasteiger partial charge in [0.25, 0.3) is 5.91 Å². The number of piperidine rings is 2. The molecule has 2 aliphatic heterocycles. The summed E-state index contributed by atoms with van der Waals surface area (Å²) in [6.07, 6.45) is -2.17. The summed E-state index contributed by atoms with van der Waals surface area (Å²) < 4.78 is 54.7. The monoisotopic (exact) mass is 358 g/mol. The minimum Gasteiger partial charge on any atom is -0.326 e. The Balaban J connectivity index is 1.88. The van der Waals surface area contributed by atoms with Crippen molar-refractivity contribution < 1.29 is 22.4 Å².